The maximum Gasteiger partial charge on any atom is 0.0762 e. The molecule has 4 heteroatoms. The van der Waals surface area contributed by atoms with E-state index in [0.717, 1.165) is 25.3 Å². The number of hydrogen-bond donors (Lipinski definition) is 1. The minimum atomic E-state index is 0.801. The van der Waals surface area contributed by atoms with E-state index in [1.54, 1.807) is 0 Å². The van der Waals surface area contributed by atoms with Crippen molar-refractivity contribution >= 4 is 0 Å². The van der Waals surface area contributed by atoms with Gasteiger partial charge in [-0.3, -0.25) is 9.67 Å². The lowest BCUT2D eigenvalue weighted by Gasteiger charge is -2.02. The molecule has 0 aliphatic carbocycles. The fourth-order valence-corrected chi connectivity index (χ4v) is 1.51. The summed E-state index contributed by atoms with van der Waals surface area (Å²) in [4.78, 5) is 3.98. The third-order valence-corrected chi connectivity index (χ3v) is 2.40. The molecule has 0 bridgehead atoms. The summed E-state index contributed by atoms with van der Waals surface area (Å²) >= 11 is 0. The van der Waals surface area contributed by atoms with E-state index in [4.69, 9.17) is 0 Å². The molecule has 2 aromatic rings. The van der Waals surface area contributed by atoms with Gasteiger partial charge in [0.15, 0.2) is 0 Å². The molecule has 2 rings (SSSR count). The van der Waals surface area contributed by atoms with Crippen molar-refractivity contribution in [2.75, 3.05) is 0 Å². The van der Waals surface area contributed by atoms with E-state index in [1.807, 2.05) is 41.5 Å². The first-order valence-electron chi connectivity index (χ1n) is 5.50. The topological polar surface area (TPSA) is 42.7 Å². The molecule has 0 aliphatic rings. The molecule has 0 aromatic carbocycles. The molecule has 2 heterocycles. The Morgan fingerprint density at radius 2 is 2.00 bits per heavy atom. The van der Waals surface area contributed by atoms with Crippen LogP contribution in [0, 0.1) is 0 Å². The zero-order valence-corrected chi connectivity index (χ0v) is 9.43. The molecule has 16 heavy (non-hydrogen) atoms. The first kappa shape index (κ1) is 10.8. The molecule has 4 nitrogen and oxygen atoms in total. The van der Waals surface area contributed by atoms with Gasteiger partial charge < -0.3 is 5.32 Å². The van der Waals surface area contributed by atoms with Gasteiger partial charge >= 0.3 is 0 Å². The van der Waals surface area contributed by atoms with Gasteiger partial charge in [0.25, 0.3) is 0 Å². The second-order valence-electron chi connectivity index (χ2n) is 3.62. The number of pyridine rings is 1. The van der Waals surface area contributed by atoms with Crippen molar-refractivity contribution in [2.24, 2.45) is 0 Å². The minimum absolute atomic E-state index is 0.801. The molecular weight excluding hydrogens is 200 g/mol. The number of aromatic nitrogens is 3. The van der Waals surface area contributed by atoms with Crippen LogP contribution in [0.25, 0.3) is 0 Å². The number of nitrogens with one attached hydrogen (secondary N) is 1. The summed E-state index contributed by atoms with van der Waals surface area (Å²) in [6.07, 6.45) is 5.62. The van der Waals surface area contributed by atoms with Crippen LogP contribution in [0.3, 0.4) is 0 Å². The highest BCUT2D eigenvalue weighted by Crippen LogP contribution is 1.98. The summed E-state index contributed by atoms with van der Waals surface area (Å²) in [5.74, 6) is 0. The van der Waals surface area contributed by atoms with Gasteiger partial charge in [0.2, 0.25) is 0 Å². The molecule has 0 atom stereocenters. The molecule has 2 aromatic heterocycles. The fraction of sp³-hybridized carbons (Fsp3) is 0.333. The van der Waals surface area contributed by atoms with Gasteiger partial charge in [-0.1, -0.05) is 0 Å². The number of nitrogens with zero attached hydrogens (tertiary/aromatic N) is 3. The molecule has 84 valence electrons. The van der Waals surface area contributed by atoms with Crippen molar-refractivity contribution in [3.63, 3.8) is 0 Å². The Bertz CT molecular complexity index is 422. The lowest BCUT2D eigenvalue weighted by atomic mass is 10.3. The predicted octanol–water partition coefficient (Wildman–Crippen LogP) is 1.59. The van der Waals surface area contributed by atoms with E-state index in [0.29, 0.717) is 0 Å². The Hall–Kier alpha value is -1.68. The third-order valence-electron chi connectivity index (χ3n) is 2.40. The standard InChI is InChI=1S/C12H16N4/c1-2-16-8-5-12(15-16)10-14-9-11-3-6-13-7-4-11/h3-8,14H,2,9-10H2,1H3. The molecule has 0 saturated heterocycles. The van der Waals surface area contributed by atoms with Gasteiger partial charge in [-0.05, 0) is 30.7 Å². The zero-order valence-electron chi connectivity index (χ0n) is 9.43. The van der Waals surface area contributed by atoms with E-state index in [9.17, 15) is 0 Å². The number of rotatable bonds is 5. The average Bonchev–Trinajstić information content (AvgIpc) is 2.78. The van der Waals surface area contributed by atoms with Gasteiger partial charge in [-0.15, -0.1) is 0 Å². The van der Waals surface area contributed by atoms with E-state index < -0.39 is 0 Å². The van der Waals surface area contributed by atoms with Gasteiger partial charge in [-0.25, -0.2) is 0 Å². The SMILES string of the molecule is CCn1ccc(CNCc2ccncc2)n1. The van der Waals surface area contributed by atoms with Crippen LogP contribution in [0.15, 0.2) is 36.8 Å². The molecule has 0 aliphatic heterocycles. The predicted molar refractivity (Wildman–Crippen MR) is 62.7 cm³/mol. The molecule has 1 N–H and O–H groups in total. The lowest BCUT2D eigenvalue weighted by molar-refractivity contribution is 0.619. The summed E-state index contributed by atoms with van der Waals surface area (Å²) in [5.41, 5.74) is 2.32. The Balaban J connectivity index is 1.80. The highest BCUT2D eigenvalue weighted by molar-refractivity contribution is 5.09. The Morgan fingerprint density at radius 3 is 2.69 bits per heavy atom. The van der Waals surface area contributed by atoms with Gasteiger partial charge in [0.1, 0.15) is 0 Å². The summed E-state index contributed by atoms with van der Waals surface area (Å²) in [6, 6.07) is 6.07. The normalized spacial score (nSPS) is 10.6. The Kier molecular flexibility index (Phi) is 3.66. The van der Waals surface area contributed by atoms with Gasteiger partial charge in [0.05, 0.1) is 5.69 Å². The van der Waals surface area contributed by atoms with Crippen LogP contribution in [0.1, 0.15) is 18.2 Å². The van der Waals surface area contributed by atoms with Crippen LogP contribution >= 0.6 is 0 Å². The second kappa shape index (κ2) is 5.42. The Morgan fingerprint density at radius 1 is 1.19 bits per heavy atom. The summed E-state index contributed by atoms with van der Waals surface area (Å²) in [6.45, 7) is 4.66. The fourth-order valence-electron chi connectivity index (χ4n) is 1.51. The smallest absolute Gasteiger partial charge is 0.0762 e. The number of aryl methyl sites for hydroxylation is 1. The van der Waals surface area contributed by atoms with Crippen molar-refractivity contribution in [1.82, 2.24) is 20.1 Å². The maximum atomic E-state index is 4.40. The number of hydrogen-bond acceptors (Lipinski definition) is 3. The summed E-state index contributed by atoms with van der Waals surface area (Å²) in [7, 11) is 0. The molecule has 0 fully saturated rings. The average molecular weight is 216 g/mol. The van der Waals surface area contributed by atoms with Gasteiger partial charge in [0, 0.05) is 38.2 Å². The highest BCUT2D eigenvalue weighted by Gasteiger charge is 1.97. The first-order chi connectivity index (χ1) is 7.88. The van der Waals surface area contributed by atoms with E-state index in [1.165, 1.54) is 5.56 Å². The molecule has 0 radical (unpaired) electrons. The van der Waals surface area contributed by atoms with Crippen LogP contribution < -0.4 is 5.32 Å². The monoisotopic (exact) mass is 216 g/mol. The molecular formula is C12H16N4. The van der Waals surface area contributed by atoms with E-state index in [-0.39, 0.29) is 0 Å². The Labute approximate surface area is 95.3 Å². The molecule has 0 amide bonds. The highest BCUT2D eigenvalue weighted by atomic mass is 15.3. The molecule has 0 unspecified atom stereocenters. The summed E-state index contributed by atoms with van der Waals surface area (Å²) < 4.78 is 1.93. The largest absolute Gasteiger partial charge is 0.307 e. The van der Waals surface area contributed by atoms with Crippen molar-refractivity contribution in [3.8, 4) is 0 Å². The van der Waals surface area contributed by atoms with Crippen molar-refractivity contribution in [3.05, 3.63) is 48.0 Å². The van der Waals surface area contributed by atoms with Crippen molar-refractivity contribution in [1.29, 1.82) is 0 Å². The van der Waals surface area contributed by atoms with Crippen LogP contribution in [0.4, 0.5) is 0 Å². The molecule has 0 saturated carbocycles. The van der Waals surface area contributed by atoms with E-state index >= 15 is 0 Å². The zero-order chi connectivity index (χ0) is 11.2. The third kappa shape index (κ3) is 2.90. The maximum absolute atomic E-state index is 4.40. The minimum Gasteiger partial charge on any atom is -0.307 e. The van der Waals surface area contributed by atoms with Crippen LogP contribution in [-0.4, -0.2) is 14.8 Å². The van der Waals surface area contributed by atoms with Crippen LogP contribution in [0.5, 0.6) is 0 Å². The second-order valence-corrected chi connectivity index (χ2v) is 3.62. The quantitative estimate of drug-likeness (QED) is 0.825. The van der Waals surface area contributed by atoms with Gasteiger partial charge in [-0.2, -0.15) is 5.10 Å². The van der Waals surface area contributed by atoms with Crippen LogP contribution in [0.2, 0.25) is 0 Å². The first-order valence-corrected chi connectivity index (χ1v) is 5.50. The van der Waals surface area contributed by atoms with Crippen molar-refractivity contribution < 1.29 is 0 Å². The van der Waals surface area contributed by atoms with Crippen molar-refractivity contribution in [2.45, 2.75) is 26.6 Å². The van der Waals surface area contributed by atoms with Crippen LogP contribution in [-0.2, 0) is 19.6 Å². The summed E-state index contributed by atoms with van der Waals surface area (Å²) in [5, 5.41) is 7.75. The molecule has 0 spiro atoms. The van der Waals surface area contributed by atoms with E-state index in [2.05, 4.69) is 22.3 Å². The lowest BCUT2D eigenvalue weighted by Crippen LogP contribution is -2.13.